The topological polar surface area (TPSA) is 85.0 Å². The monoisotopic (exact) mass is 237 g/mol. The van der Waals surface area contributed by atoms with Crippen LogP contribution in [0.25, 0.3) is 0 Å². The number of carbonyl (C=O) groups excluding carboxylic acids is 1. The molecule has 1 atom stereocenters. The summed E-state index contributed by atoms with van der Waals surface area (Å²) in [6.45, 7) is 4.73. The maximum absolute atomic E-state index is 11.4. The number of hydrogen-bond acceptors (Lipinski definition) is 4. The minimum atomic E-state index is -0.428. The Labute approximate surface area is 101 Å². The van der Waals surface area contributed by atoms with E-state index in [1.807, 2.05) is 7.05 Å². The van der Waals surface area contributed by atoms with Crippen LogP contribution >= 0.6 is 0 Å². The zero-order chi connectivity index (χ0) is 12.4. The highest BCUT2D eigenvalue weighted by molar-refractivity contribution is 5.98. The third kappa shape index (κ3) is 2.41. The van der Waals surface area contributed by atoms with Crippen molar-refractivity contribution in [3.8, 4) is 0 Å². The number of primary amides is 1. The number of rotatable bonds is 4. The summed E-state index contributed by atoms with van der Waals surface area (Å²) >= 11 is 0. The van der Waals surface area contributed by atoms with E-state index in [9.17, 15) is 4.79 Å². The molecule has 1 aromatic heterocycles. The van der Waals surface area contributed by atoms with Crippen molar-refractivity contribution >= 4 is 11.7 Å². The van der Waals surface area contributed by atoms with Gasteiger partial charge in [0.15, 0.2) is 0 Å². The van der Waals surface area contributed by atoms with Gasteiger partial charge in [0, 0.05) is 13.6 Å². The summed E-state index contributed by atoms with van der Waals surface area (Å²) in [6, 6.07) is 0. The van der Waals surface area contributed by atoms with Crippen molar-refractivity contribution in [2.24, 2.45) is 18.7 Å². The van der Waals surface area contributed by atoms with Crippen molar-refractivity contribution in [1.29, 1.82) is 0 Å². The number of amides is 1. The first-order valence-electron chi connectivity index (χ1n) is 5.87. The van der Waals surface area contributed by atoms with E-state index in [2.05, 4.69) is 15.7 Å². The van der Waals surface area contributed by atoms with Crippen LogP contribution in [0.15, 0.2) is 0 Å². The molecule has 0 aromatic carbocycles. The lowest BCUT2D eigenvalue weighted by Gasteiger charge is -2.12. The fourth-order valence-corrected chi connectivity index (χ4v) is 2.29. The first-order chi connectivity index (χ1) is 8.09. The Morgan fingerprint density at radius 2 is 2.47 bits per heavy atom. The van der Waals surface area contributed by atoms with Gasteiger partial charge in [-0.25, -0.2) is 0 Å². The van der Waals surface area contributed by atoms with Gasteiger partial charge >= 0.3 is 0 Å². The van der Waals surface area contributed by atoms with Gasteiger partial charge in [-0.05, 0) is 32.4 Å². The number of nitrogens with two attached hydrogens (primary N) is 1. The Bertz CT molecular complexity index is 420. The second-order valence-electron chi connectivity index (χ2n) is 4.54. The smallest absolute Gasteiger partial charge is 0.254 e. The quantitative estimate of drug-likeness (QED) is 0.680. The van der Waals surface area contributed by atoms with E-state index in [-0.39, 0.29) is 0 Å². The molecular formula is C11H19N5O. The molecule has 1 aliphatic heterocycles. The Hall–Kier alpha value is -1.56. The summed E-state index contributed by atoms with van der Waals surface area (Å²) in [5.74, 6) is 0.899. The predicted molar refractivity (Wildman–Crippen MR) is 65.9 cm³/mol. The first-order valence-corrected chi connectivity index (χ1v) is 5.87. The highest BCUT2D eigenvalue weighted by Gasteiger charge is 2.20. The summed E-state index contributed by atoms with van der Waals surface area (Å²) in [4.78, 5) is 11.4. The number of anilines is 1. The molecule has 0 saturated carbocycles. The van der Waals surface area contributed by atoms with Crippen LogP contribution in [0.2, 0.25) is 0 Å². The summed E-state index contributed by atoms with van der Waals surface area (Å²) < 4.78 is 1.68. The van der Waals surface area contributed by atoms with Gasteiger partial charge in [-0.15, -0.1) is 0 Å². The van der Waals surface area contributed by atoms with E-state index < -0.39 is 5.91 Å². The Morgan fingerprint density at radius 3 is 3.06 bits per heavy atom. The molecule has 94 valence electrons. The molecule has 0 radical (unpaired) electrons. The van der Waals surface area contributed by atoms with Crippen LogP contribution in [0.1, 0.15) is 22.5 Å². The maximum Gasteiger partial charge on any atom is 0.254 e. The molecule has 0 spiro atoms. The summed E-state index contributed by atoms with van der Waals surface area (Å²) in [5.41, 5.74) is 6.54. The van der Waals surface area contributed by atoms with Gasteiger partial charge in [0.1, 0.15) is 11.4 Å². The zero-order valence-electron chi connectivity index (χ0n) is 10.3. The van der Waals surface area contributed by atoms with Crippen molar-refractivity contribution in [1.82, 2.24) is 15.1 Å². The molecule has 1 saturated heterocycles. The molecule has 1 aromatic rings. The normalized spacial score (nSPS) is 19.5. The van der Waals surface area contributed by atoms with Crippen molar-refractivity contribution in [3.63, 3.8) is 0 Å². The average molecular weight is 237 g/mol. The molecule has 0 aliphatic carbocycles. The molecule has 1 amide bonds. The number of aromatic nitrogens is 2. The van der Waals surface area contributed by atoms with Gasteiger partial charge in [0.05, 0.1) is 5.69 Å². The second-order valence-corrected chi connectivity index (χ2v) is 4.54. The van der Waals surface area contributed by atoms with Crippen LogP contribution in [0, 0.1) is 12.8 Å². The molecule has 6 nitrogen and oxygen atoms in total. The van der Waals surface area contributed by atoms with Crippen LogP contribution in [0.3, 0.4) is 0 Å². The average Bonchev–Trinajstić information content (AvgIpc) is 2.83. The molecule has 6 heteroatoms. The number of carbonyl (C=O) groups is 1. The van der Waals surface area contributed by atoms with E-state index >= 15 is 0 Å². The van der Waals surface area contributed by atoms with E-state index in [4.69, 9.17) is 5.73 Å². The third-order valence-electron chi connectivity index (χ3n) is 3.19. The van der Waals surface area contributed by atoms with Crippen molar-refractivity contribution in [3.05, 3.63) is 11.3 Å². The van der Waals surface area contributed by atoms with E-state index in [1.165, 1.54) is 0 Å². The highest BCUT2D eigenvalue weighted by Crippen LogP contribution is 2.19. The van der Waals surface area contributed by atoms with Crippen molar-refractivity contribution < 1.29 is 4.79 Å². The lowest BCUT2D eigenvalue weighted by Crippen LogP contribution is -2.21. The van der Waals surface area contributed by atoms with Crippen molar-refractivity contribution in [2.75, 3.05) is 25.0 Å². The molecule has 2 heterocycles. The Balaban J connectivity index is 2.11. The highest BCUT2D eigenvalue weighted by atomic mass is 16.1. The third-order valence-corrected chi connectivity index (χ3v) is 3.19. The SMILES string of the molecule is Cc1nn(C)c(NCC2CCNC2)c1C(N)=O. The fraction of sp³-hybridized carbons (Fsp3) is 0.636. The van der Waals surface area contributed by atoms with Crippen LogP contribution in [-0.4, -0.2) is 35.3 Å². The first kappa shape index (κ1) is 11.9. The zero-order valence-corrected chi connectivity index (χ0v) is 10.3. The summed E-state index contributed by atoms with van der Waals surface area (Å²) in [7, 11) is 1.81. The van der Waals surface area contributed by atoms with E-state index in [0.717, 1.165) is 31.9 Å². The minimum absolute atomic E-state index is 0.428. The lowest BCUT2D eigenvalue weighted by molar-refractivity contribution is 0.100. The summed E-state index contributed by atoms with van der Waals surface area (Å²) in [5, 5.41) is 10.8. The van der Waals surface area contributed by atoms with Gasteiger partial charge in [0.2, 0.25) is 0 Å². The fourth-order valence-electron chi connectivity index (χ4n) is 2.29. The molecule has 4 N–H and O–H groups in total. The standard InChI is InChI=1S/C11H19N5O/c1-7-9(10(12)17)11(16(2)15-7)14-6-8-3-4-13-5-8/h8,13-14H,3-6H2,1-2H3,(H2,12,17). The number of nitrogens with one attached hydrogen (secondary N) is 2. The van der Waals surface area contributed by atoms with E-state index in [1.54, 1.807) is 11.6 Å². The number of nitrogens with zero attached hydrogens (tertiary/aromatic N) is 2. The molecule has 17 heavy (non-hydrogen) atoms. The lowest BCUT2D eigenvalue weighted by atomic mass is 10.1. The van der Waals surface area contributed by atoms with Crippen LogP contribution in [-0.2, 0) is 7.05 Å². The van der Waals surface area contributed by atoms with Crippen LogP contribution < -0.4 is 16.4 Å². The maximum atomic E-state index is 11.4. The van der Waals surface area contributed by atoms with Gasteiger partial charge in [-0.3, -0.25) is 9.48 Å². The molecule has 1 fully saturated rings. The molecule has 1 unspecified atom stereocenters. The number of aryl methyl sites for hydroxylation is 2. The Morgan fingerprint density at radius 1 is 1.71 bits per heavy atom. The molecule has 1 aliphatic rings. The summed E-state index contributed by atoms with van der Waals surface area (Å²) in [6.07, 6.45) is 1.16. The van der Waals surface area contributed by atoms with E-state index in [0.29, 0.717) is 17.2 Å². The predicted octanol–water partition coefficient (Wildman–Crippen LogP) is -0.151. The van der Waals surface area contributed by atoms with Crippen LogP contribution in [0.4, 0.5) is 5.82 Å². The Kier molecular flexibility index (Phi) is 3.33. The van der Waals surface area contributed by atoms with Crippen molar-refractivity contribution in [2.45, 2.75) is 13.3 Å². The van der Waals surface area contributed by atoms with Gasteiger partial charge in [0.25, 0.3) is 5.91 Å². The second kappa shape index (κ2) is 4.75. The van der Waals surface area contributed by atoms with Gasteiger partial charge in [-0.1, -0.05) is 0 Å². The van der Waals surface area contributed by atoms with Gasteiger partial charge < -0.3 is 16.4 Å². The largest absolute Gasteiger partial charge is 0.369 e. The molecule has 0 bridgehead atoms. The van der Waals surface area contributed by atoms with Crippen LogP contribution in [0.5, 0.6) is 0 Å². The molecular weight excluding hydrogens is 218 g/mol. The van der Waals surface area contributed by atoms with Gasteiger partial charge in [-0.2, -0.15) is 5.10 Å². The minimum Gasteiger partial charge on any atom is -0.369 e. The number of hydrogen-bond donors (Lipinski definition) is 3. The molecule has 2 rings (SSSR count).